The number of benzene rings is 3. The van der Waals surface area contributed by atoms with Crippen LogP contribution in [0.2, 0.25) is 0 Å². The highest BCUT2D eigenvalue weighted by Crippen LogP contribution is 2.48. The van der Waals surface area contributed by atoms with Crippen molar-refractivity contribution in [1.82, 2.24) is 20.1 Å². The summed E-state index contributed by atoms with van der Waals surface area (Å²) in [6, 6.07) is 25.8. The smallest absolute Gasteiger partial charge is 0.240 e. The number of fused-ring (bicyclic) bond motifs is 1. The van der Waals surface area contributed by atoms with Crippen molar-refractivity contribution in [2.75, 3.05) is 17.2 Å². The summed E-state index contributed by atoms with van der Waals surface area (Å²) in [6.45, 7) is 4.16. The maximum atomic E-state index is 14.0. The van der Waals surface area contributed by atoms with Crippen LogP contribution in [0.15, 0.2) is 97.3 Å². The zero-order valence-electron chi connectivity index (χ0n) is 23.8. The van der Waals surface area contributed by atoms with Crippen molar-refractivity contribution in [2.24, 2.45) is 0 Å². The number of aryl methyl sites for hydroxylation is 1. The molecular formula is C34H30FN5O2S. The third kappa shape index (κ3) is 5.81. The van der Waals surface area contributed by atoms with Gasteiger partial charge in [-0.05, 0) is 60.4 Å². The molecule has 0 bridgehead atoms. The standard InChI is InChI=1S/C34H30FN5O2S/c1-22-8-6-12-28(23(22)2)40-34-31(32(38-40)25-10-4-3-5-11-25)33(26-13-15-27(35)16-14-26)43-21-30(42)39(34)20-29(41)37-19-24-9-7-17-36-18-24/h3-18,33H,19-21H2,1-2H3,(H,37,41). The molecular weight excluding hydrogens is 561 g/mol. The second-order valence-electron chi connectivity index (χ2n) is 10.4. The van der Waals surface area contributed by atoms with Crippen molar-refractivity contribution in [3.8, 4) is 16.9 Å². The minimum absolute atomic E-state index is 0.133. The zero-order chi connectivity index (χ0) is 29.9. The molecule has 6 rings (SSSR count). The van der Waals surface area contributed by atoms with E-state index in [2.05, 4.69) is 10.3 Å². The molecule has 3 heterocycles. The number of pyridine rings is 1. The number of carbonyl (C=O) groups excluding carboxylic acids is 2. The Morgan fingerprint density at radius 2 is 1.79 bits per heavy atom. The van der Waals surface area contributed by atoms with Gasteiger partial charge in [0.15, 0.2) is 0 Å². The van der Waals surface area contributed by atoms with Gasteiger partial charge in [-0.15, -0.1) is 11.8 Å². The fraction of sp³-hybridized carbons (Fsp3) is 0.176. The lowest BCUT2D eigenvalue weighted by atomic mass is 9.99. The molecule has 0 aliphatic carbocycles. The molecule has 0 spiro atoms. The molecule has 0 fully saturated rings. The number of nitrogens with zero attached hydrogens (tertiary/aromatic N) is 4. The Hall–Kier alpha value is -4.76. The number of nitrogens with one attached hydrogen (secondary N) is 1. The number of rotatable bonds is 7. The zero-order valence-corrected chi connectivity index (χ0v) is 24.6. The third-order valence-electron chi connectivity index (χ3n) is 7.63. The Labute approximate surface area is 253 Å². The van der Waals surface area contributed by atoms with Crippen LogP contribution in [0, 0.1) is 19.7 Å². The SMILES string of the molecule is Cc1cccc(-n2nc(-c3ccccc3)c3c2N(CC(=O)NCc2cccnc2)C(=O)CSC3c2ccc(F)cc2)c1C. The summed E-state index contributed by atoms with van der Waals surface area (Å²) in [7, 11) is 0. The first-order chi connectivity index (χ1) is 20.9. The normalized spacial score (nSPS) is 14.7. The van der Waals surface area contributed by atoms with E-state index in [1.807, 2.05) is 74.5 Å². The van der Waals surface area contributed by atoms with Gasteiger partial charge in [0.1, 0.15) is 18.2 Å². The molecule has 1 aliphatic rings. The number of hydrogen-bond acceptors (Lipinski definition) is 5. The predicted molar refractivity (Wildman–Crippen MR) is 168 cm³/mol. The minimum atomic E-state index is -0.336. The van der Waals surface area contributed by atoms with E-state index in [4.69, 9.17) is 5.10 Å². The number of aromatic nitrogens is 3. The van der Waals surface area contributed by atoms with Gasteiger partial charge in [0.05, 0.1) is 22.4 Å². The van der Waals surface area contributed by atoms with Crippen LogP contribution in [0.1, 0.15) is 33.1 Å². The van der Waals surface area contributed by atoms with Crippen molar-refractivity contribution in [2.45, 2.75) is 25.6 Å². The Balaban J connectivity index is 1.54. The highest BCUT2D eigenvalue weighted by molar-refractivity contribution is 8.00. The monoisotopic (exact) mass is 591 g/mol. The van der Waals surface area contributed by atoms with Crippen molar-refractivity contribution in [1.29, 1.82) is 0 Å². The molecule has 9 heteroatoms. The summed E-state index contributed by atoms with van der Waals surface area (Å²) in [5.41, 5.74) is 6.99. The van der Waals surface area contributed by atoms with E-state index in [-0.39, 0.29) is 35.2 Å². The maximum Gasteiger partial charge on any atom is 0.240 e. The van der Waals surface area contributed by atoms with Crippen LogP contribution < -0.4 is 10.2 Å². The lowest BCUT2D eigenvalue weighted by molar-refractivity contribution is -0.123. The molecule has 216 valence electrons. The lowest BCUT2D eigenvalue weighted by Gasteiger charge is -2.24. The molecule has 2 aromatic heterocycles. The van der Waals surface area contributed by atoms with Gasteiger partial charge < -0.3 is 5.32 Å². The first-order valence-corrected chi connectivity index (χ1v) is 15.0. The fourth-order valence-corrected chi connectivity index (χ4v) is 6.46. The van der Waals surface area contributed by atoms with Gasteiger partial charge in [-0.1, -0.05) is 60.7 Å². The van der Waals surface area contributed by atoms with Crippen molar-refractivity contribution < 1.29 is 14.0 Å². The second-order valence-corrected chi connectivity index (χ2v) is 11.5. The summed E-state index contributed by atoms with van der Waals surface area (Å²) in [6.07, 6.45) is 3.37. The highest BCUT2D eigenvalue weighted by Gasteiger charge is 2.38. The quantitative estimate of drug-likeness (QED) is 0.245. The van der Waals surface area contributed by atoms with Gasteiger partial charge in [-0.25, -0.2) is 9.07 Å². The summed E-state index contributed by atoms with van der Waals surface area (Å²) < 4.78 is 15.8. The first kappa shape index (κ1) is 28.4. The molecule has 0 saturated carbocycles. The summed E-state index contributed by atoms with van der Waals surface area (Å²) in [5, 5.41) is 7.75. The Bertz CT molecular complexity index is 1770. The largest absolute Gasteiger partial charge is 0.350 e. The Kier molecular flexibility index (Phi) is 8.07. The first-order valence-electron chi connectivity index (χ1n) is 14.0. The lowest BCUT2D eigenvalue weighted by Crippen LogP contribution is -2.42. The average Bonchev–Trinajstić information content (AvgIpc) is 3.35. The van der Waals surface area contributed by atoms with Gasteiger partial charge in [0.2, 0.25) is 11.8 Å². The van der Waals surface area contributed by atoms with Crippen LogP contribution in [0.25, 0.3) is 16.9 Å². The van der Waals surface area contributed by atoms with Crippen LogP contribution in [-0.2, 0) is 16.1 Å². The number of halogens is 1. The van der Waals surface area contributed by atoms with Crippen LogP contribution >= 0.6 is 11.8 Å². The molecule has 1 aliphatic heterocycles. The molecule has 1 N–H and O–H groups in total. The summed E-state index contributed by atoms with van der Waals surface area (Å²) in [5.74, 6) is -0.177. The number of amides is 2. The third-order valence-corrected chi connectivity index (χ3v) is 8.88. The number of carbonyl (C=O) groups is 2. The minimum Gasteiger partial charge on any atom is -0.350 e. The van der Waals surface area contributed by atoms with E-state index in [0.717, 1.165) is 39.1 Å². The molecule has 43 heavy (non-hydrogen) atoms. The second kappa shape index (κ2) is 12.2. The Morgan fingerprint density at radius 3 is 2.53 bits per heavy atom. The molecule has 0 radical (unpaired) electrons. The van der Waals surface area contributed by atoms with Gasteiger partial charge in [-0.2, -0.15) is 5.10 Å². The average molecular weight is 592 g/mol. The maximum absolute atomic E-state index is 14.0. The van der Waals surface area contributed by atoms with E-state index in [9.17, 15) is 14.0 Å². The van der Waals surface area contributed by atoms with Crippen molar-refractivity contribution in [3.63, 3.8) is 0 Å². The van der Waals surface area contributed by atoms with E-state index in [0.29, 0.717) is 18.1 Å². The number of thioether (sulfide) groups is 1. The fourth-order valence-electron chi connectivity index (χ4n) is 5.27. The van der Waals surface area contributed by atoms with Gasteiger partial charge in [0, 0.05) is 30.1 Å². The van der Waals surface area contributed by atoms with Crippen LogP contribution in [0.4, 0.5) is 10.2 Å². The molecule has 7 nitrogen and oxygen atoms in total. The topological polar surface area (TPSA) is 80.1 Å². The van der Waals surface area contributed by atoms with Crippen molar-refractivity contribution >= 4 is 29.4 Å². The molecule has 3 aromatic carbocycles. The van der Waals surface area contributed by atoms with Crippen LogP contribution in [0.5, 0.6) is 0 Å². The predicted octanol–water partition coefficient (Wildman–Crippen LogP) is 6.18. The molecule has 1 atom stereocenters. The summed E-state index contributed by atoms with van der Waals surface area (Å²) >= 11 is 1.45. The highest BCUT2D eigenvalue weighted by atomic mass is 32.2. The van der Waals surface area contributed by atoms with Gasteiger partial charge in [-0.3, -0.25) is 19.5 Å². The number of hydrogen-bond donors (Lipinski definition) is 1. The van der Waals surface area contributed by atoms with E-state index in [1.165, 1.54) is 23.9 Å². The van der Waals surface area contributed by atoms with Gasteiger partial charge >= 0.3 is 0 Å². The van der Waals surface area contributed by atoms with Crippen molar-refractivity contribution in [3.05, 3.63) is 131 Å². The number of anilines is 1. The van der Waals surface area contributed by atoms with E-state index in [1.54, 1.807) is 34.1 Å². The summed E-state index contributed by atoms with van der Waals surface area (Å²) in [4.78, 5) is 33.0. The van der Waals surface area contributed by atoms with Gasteiger partial charge in [0.25, 0.3) is 0 Å². The molecule has 0 saturated heterocycles. The van der Waals surface area contributed by atoms with Crippen LogP contribution in [-0.4, -0.2) is 38.9 Å². The Morgan fingerprint density at radius 1 is 1.00 bits per heavy atom. The molecule has 5 aromatic rings. The molecule has 2 amide bonds. The van der Waals surface area contributed by atoms with E-state index < -0.39 is 0 Å². The van der Waals surface area contributed by atoms with E-state index >= 15 is 0 Å². The molecule has 1 unspecified atom stereocenters. The van der Waals surface area contributed by atoms with Crippen LogP contribution in [0.3, 0.4) is 0 Å².